The van der Waals surface area contributed by atoms with Gasteiger partial charge < -0.3 is 5.11 Å². The maximum atomic E-state index is 8.94. The van der Waals surface area contributed by atoms with Crippen LogP contribution in [0.2, 0.25) is 0 Å². The molecule has 1 aliphatic rings. The fourth-order valence-corrected chi connectivity index (χ4v) is 2.39. The van der Waals surface area contributed by atoms with Gasteiger partial charge in [-0.05, 0) is 25.8 Å². The average Bonchev–Trinajstić information content (AvgIpc) is 2.65. The highest BCUT2D eigenvalue weighted by molar-refractivity contribution is 9.09. The van der Waals surface area contributed by atoms with Gasteiger partial charge in [-0.15, -0.1) is 0 Å². The van der Waals surface area contributed by atoms with E-state index < -0.39 is 0 Å². The first-order valence-corrected chi connectivity index (χ1v) is 6.41. The summed E-state index contributed by atoms with van der Waals surface area (Å²) < 4.78 is 0. The van der Waals surface area contributed by atoms with Crippen molar-refractivity contribution in [3.8, 4) is 0 Å². The van der Waals surface area contributed by atoms with Crippen molar-refractivity contribution in [1.82, 2.24) is 4.90 Å². The van der Waals surface area contributed by atoms with Gasteiger partial charge in [0.1, 0.15) is 0 Å². The lowest BCUT2D eigenvalue weighted by Crippen LogP contribution is -2.36. The number of hydrogen-bond acceptors (Lipinski definition) is 2. The zero-order valence-electron chi connectivity index (χ0n) is 8.21. The van der Waals surface area contributed by atoms with Crippen molar-refractivity contribution >= 4 is 15.9 Å². The number of halogens is 1. The quantitative estimate of drug-likeness (QED) is 0.729. The van der Waals surface area contributed by atoms with E-state index in [1.54, 1.807) is 0 Å². The number of hydrogen-bond donors (Lipinski definition) is 1. The van der Waals surface area contributed by atoms with Gasteiger partial charge in [-0.3, -0.25) is 4.90 Å². The first kappa shape index (κ1) is 11.5. The highest BCUT2D eigenvalue weighted by Crippen LogP contribution is 2.23. The molecule has 0 aliphatic heterocycles. The molecule has 0 amide bonds. The van der Waals surface area contributed by atoms with E-state index in [-0.39, 0.29) is 0 Å². The van der Waals surface area contributed by atoms with Gasteiger partial charge in [0.25, 0.3) is 0 Å². The van der Waals surface area contributed by atoms with Crippen LogP contribution in [-0.4, -0.2) is 41.1 Å². The molecule has 13 heavy (non-hydrogen) atoms. The number of rotatable bonds is 6. The van der Waals surface area contributed by atoms with Crippen LogP contribution in [0.5, 0.6) is 0 Å². The monoisotopic (exact) mass is 249 g/mol. The molecule has 2 nitrogen and oxygen atoms in total. The zero-order valence-corrected chi connectivity index (χ0v) is 9.80. The Hall–Kier alpha value is 0.400. The minimum Gasteiger partial charge on any atom is -0.395 e. The van der Waals surface area contributed by atoms with Gasteiger partial charge in [0, 0.05) is 17.9 Å². The van der Waals surface area contributed by atoms with E-state index in [4.69, 9.17) is 5.11 Å². The molecule has 3 heteroatoms. The van der Waals surface area contributed by atoms with Crippen LogP contribution in [-0.2, 0) is 0 Å². The van der Waals surface area contributed by atoms with Gasteiger partial charge in [-0.25, -0.2) is 0 Å². The lowest BCUT2D eigenvalue weighted by Gasteiger charge is -2.27. The Morgan fingerprint density at radius 3 is 2.46 bits per heavy atom. The van der Waals surface area contributed by atoms with Crippen LogP contribution in [0.4, 0.5) is 0 Å². The molecule has 0 atom stereocenters. The molecule has 0 unspecified atom stereocenters. The second kappa shape index (κ2) is 6.80. The zero-order chi connectivity index (χ0) is 9.52. The van der Waals surface area contributed by atoms with Gasteiger partial charge >= 0.3 is 0 Å². The highest BCUT2D eigenvalue weighted by Gasteiger charge is 2.21. The van der Waals surface area contributed by atoms with Crippen molar-refractivity contribution in [3.05, 3.63) is 0 Å². The van der Waals surface area contributed by atoms with Gasteiger partial charge in [0.15, 0.2) is 0 Å². The maximum Gasteiger partial charge on any atom is 0.0558 e. The summed E-state index contributed by atoms with van der Waals surface area (Å²) >= 11 is 3.45. The Labute approximate surface area is 89.4 Å². The Morgan fingerprint density at radius 2 is 1.92 bits per heavy atom. The molecule has 0 saturated heterocycles. The molecule has 78 valence electrons. The second-order valence-electron chi connectivity index (χ2n) is 3.74. The van der Waals surface area contributed by atoms with Crippen LogP contribution in [0.25, 0.3) is 0 Å². The molecule has 1 N–H and O–H groups in total. The normalized spacial score (nSPS) is 18.7. The van der Waals surface area contributed by atoms with Crippen LogP contribution < -0.4 is 0 Å². The third-order valence-corrected chi connectivity index (χ3v) is 3.37. The predicted molar refractivity (Wildman–Crippen MR) is 59.3 cm³/mol. The van der Waals surface area contributed by atoms with Gasteiger partial charge in [-0.2, -0.15) is 0 Å². The van der Waals surface area contributed by atoms with Crippen molar-refractivity contribution < 1.29 is 5.11 Å². The number of aliphatic hydroxyl groups is 1. The molecular formula is C10H20BrNO. The molecule has 1 aliphatic carbocycles. The highest BCUT2D eigenvalue weighted by atomic mass is 79.9. The van der Waals surface area contributed by atoms with Crippen LogP contribution in [0.15, 0.2) is 0 Å². The van der Waals surface area contributed by atoms with Crippen molar-refractivity contribution in [2.45, 2.75) is 38.1 Å². The minimum absolute atomic E-state index is 0.304. The molecule has 1 saturated carbocycles. The maximum absolute atomic E-state index is 8.94. The van der Waals surface area contributed by atoms with Crippen molar-refractivity contribution in [1.29, 1.82) is 0 Å². The molecule has 0 heterocycles. The van der Waals surface area contributed by atoms with Gasteiger partial charge in [-0.1, -0.05) is 28.8 Å². The Kier molecular flexibility index (Phi) is 6.00. The summed E-state index contributed by atoms with van der Waals surface area (Å²) in [6, 6.07) is 0.756. The van der Waals surface area contributed by atoms with Crippen LogP contribution in [0, 0.1) is 0 Å². The summed E-state index contributed by atoms with van der Waals surface area (Å²) in [7, 11) is 0. The predicted octanol–water partition coefficient (Wildman–Crippen LogP) is 2.01. The second-order valence-corrected chi connectivity index (χ2v) is 4.53. The fraction of sp³-hybridized carbons (Fsp3) is 1.00. The Balaban J connectivity index is 2.26. The molecular weight excluding hydrogens is 230 g/mol. The summed E-state index contributed by atoms with van der Waals surface area (Å²) in [5.41, 5.74) is 0. The first-order valence-electron chi connectivity index (χ1n) is 5.29. The molecule has 0 bridgehead atoms. The molecule has 0 aromatic carbocycles. The lowest BCUT2D eigenvalue weighted by molar-refractivity contribution is 0.152. The van der Waals surface area contributed by atoms with E-state index >= 15 is 0 Å². The molecule has 0 aromatic heterocycles. The van der Waals surface area contributed by atoms with Crippen molar-refractivity contribution in [3.63, 3.8) is 0 Å². The van der Waals surface area contributed by atoms with Gasteiger partial charge in [0.2, 0.25) is 0 Å². The first-order chi connectivity index (χ1) is 6.38. The van der Waals surface area contributed by atoms with Crippen LogP contribution >= 0.6 is 15.9 Å². The largest absolute Gasteiger partial charge is 0.395 e. The smallest absolute Gasteiger partial charge is 0.0558 e. The van der Waals surface area contributed by atoms with E-state index in [1.807, 2.05) is 0 Å². The number of aliphatic hydroxyl groups excluding tert-OH is 1. The van der Waals surface area contributed by atoms with Crippen molar-refractivity contribution in [2.24, 2.45) is 0 Å². The lowest BCUT2D eigenvalue weighted by atomic mass is 10.2. The summed E-state index contributed by atoms with van der Waals surface area (Å²) in [4.78, 5) is 2.45. The topological polar surface area (TPSA) is 23.5 Å². The third-order valence-electron chi connectivity index (χ3n) is 2.81. The number of alkyl halides is 1. The summed E-state index contributed by atoms with van der Waals surface area (Å²) in [6.45, 7) is 2.30. The third kappa shape index (κ3) is 3.96. The summed E-state index contributed by atoms with van der Waals surface area (Å²) in [5, 5.41) is 10.0. The fourth-order valence-electron chi connectivity index (χ4n) is 2.14. The van der Waals surface area contributed by atoms with E-state index in [2.05, 4.69) is 20.8 Å². The molecule has 0 aromatic rings. The van der Waals surface area contributed by atoms with E-state index in [0.717, 1.165) is 24.5 Å². The SMILES string of the molecule is OCCN(CCCBr)C1CCCC1. The van der Waals surface area contributed by atoms with Crippen molar-refractivity contribution in [2.75, 3.05) is 25.0 Å². The standard InChI is InChI=1S/C10H20BrNO/c11-6-3-7-12(8-9-13)10-4-1-2-5-10/h10,13H,1-9H2. The molecule has 1 fully saturated rings. The Morgan fingerprint density at radius 1 is 1.23 bits per heavy atom. The molecule has 0 radical (unpaired) electrons. The summed E-state index contributed by atoms with van der Waals surface area (Å²) in [6.07, 6.45) is 6.61. The Bertz CT molecular complexity index is 126. The summed E-state index contributed by atoms with van der Waals surface area (Å²) in [5.74, 6) is 0. The van der Waals surface area contributed by atoms with E-state index in [0.29, 0.717) is 6.61 Å². The van der Waals surface area contributed by atoms with E-state index in [1.165, 1.54) is 32.1 Å². The van der Waals surface area contributed by atoms with Crippen LogP contribution in [0.3, 0.4) is 0 Å². The molecule has 0 spiro atoms. The van der Waals surface area contributed by atoms with Crippen LogP contribution in [0.1, 0.15) is 32.1 Å². The average molecular weight is 250 g/mol. The minimum atomic E-state index is 0.304. The number of nitrogens with zero attached hydrogens (tertiary/aromatic N) is 1. The van der Waals surface area contributed by atoms with E-state index in [9.17, 15) is 0 Å². The van der Waals surface area contributed by atoms with Gasteiger partial charge in [0.05, 0.1) is 6.61 Å². The molecule has 1 rings (SSSR count).